The highest BCUT2D eigenvalue weighted by atomic mass is 16.3. The first kappa shape index (κ1) is 15.3. The summed E-state index contributed by atoms with van der Waals surface area (Å²) in [5, 5.41) is 3.50. The number of hydrogen-bond acceptors (Lipinski definition) is 3. The maximum Gasteiger partial charge on any atom is 0.120 e. The second-order valence-corrected chi connectivity index (χ2v) is 5.41. The molecule has 0 aliphatic carbocycles. The lowest BCUT2D eigenvalue weighted by Gasteiger charge is -2.20. The van der Waals surface area contributed by atoms with Crippen LogP contribution in [0.25, 0.3) is 0 Å². The molecule has 1 aromatic rings. The monoisotopic (exact) mass is 252 g/mol. The number of rotatable bonds is 8. The molecule has 0 saturated carbocycles. The SMILES string of the molecule is Cc1ccc(C(C)NCCCCN(C)C(C)C)o1. The van der Waals surface area contributed by atoms with Gasteiger partial charge in [-0.15, -0.1) is 0 Å². The number of nitrogens with one attached hydrogen (secondary N) is 1. The Balaban J connectivity index is 2.11. The molecule has 3 heteroatoms. The van der Waals surface area contributed by atoms with E-state index in [9.17, 15) is 0 Å². The quantitative estimate of drug-likeness (QED) is 0.719. The summed E-state index contributed by atoms with van der Waals surface area (Å²) in [5.41, 5.74) is 0. The minimum Gasteiger partial charge on any atom is -0.465 e. The average Bonchev–Trinajstić information content (AvgIpc) is 2.74. The topological polar surface area (TPSA) is 28.4 Å². The zero-order valence-electron chi connectivity index (χ0n) is 12.5. The molecule has 1 unspecified atom stereocenters. The van der Waals surface area contributed by atoms with E-state index >= 15 is 0 Å². The first-order valence-corrected chi connectivity index (χ1v) is 7.00. The molecule has 0 fully saturated rings. The molecule has 3 nitrogen and oxygen atoms in total. The molecule has 0 amide bonds. The van der Waals surface area contributed by atoms with Crippen LogP contribution in [0.15, 0.2) is 16.5 Å². The van der Waals surface area contributed by atoms with Crippen LogP contribution < -0.4 is 5.32 Å². The van der Waals surface area contributed by atoms with Crippen LogP contribution in [0.2, 0.25) is 0 Å². The molecule has 0 aliphatic rings. The number of hydrogen-bond donors (Lipinski definition) is 1. The molecule has 1 rings (SSSR count). The van der Waals surface area contributed by atoms with Crippen molar-refractivity contribution in [3.63, 3.8) is 0 Å². The Labute approximate surface area is 112 Å². The van der Waals surface area contributed by atoms with Crippen molar-refractivity contribution < 1.29 is 4.42 Å². The molecule has 18 heavy (non-hydrogen) atoms. The van der Waals surface area contributed by atoms with Gasteiger partial charge in [-0.3, -0.25) is 0 Å². The highest BCUT2D eigenvalue weighted by molar-refractivity contribution is 5.08. The van der Waals surface area contributed by atoms with Crippen molar-refractivity contribution in [2.45, 2.75) is 52.6 Å². The van der Waals surface area contributed by atoms with Crippen LogP contribution in [0.4, 0.5) is 0 Å². The van der Waals surface area contributed by atoms with E-state index in [4.69, 9.17) is 4.42 Å². The van der Waals surface area contributed by atoms with Crippen LogP contribution in [-0.2, 0) is 0 Å². The lowest BCUT2D eigenvalue weighted by Crippen LogP contribution is -2.28. The molecule has 1 N–H and O–H groups in total. The number of unbranched alkanes of at least 4 members (excludes halogenated alkanes) is 1. The summed E-state index contributed by atoms with van der Waals surface area (Å²) in [7, 11) is 2.19. The van der Waals surface area contributed by atoms with Gasteiger partial charge in [0.1, 0.15) is 11.5 Å². The lowest BCUT2D eigenvalue weighted by molar-refractivity contribution is 0.267. The Morgan fingerprint density at radius 2 is 1.94 bits per heavy atom. The van der Waals surface area contributed by atoms with Crippen molar-refractivity contribution in [2.24, 2.45) is 0 Å². The second-order valence-electron chi connectivity index (χ2n) is 5.41. The standard InChI is InChI=1S/C15H28N2O/c1-12(2)17(5)11-7-6-10-16-14(4)15-9-8-13(3)18-15/h8-9,12,14,16H,6-7,10-11H2,1-5H3. The molecular formula is C15H28N2O. The summed E-state index contributed by atoms with van der Waals surface area (Å²) >= 11 is 0. The Hall–Kier alpha value is -0.800. The predicted octanol–water partition coefficient (Wildman–Crippen LogP) is 3.36. The third-order valence-corrected chi connectivity index (χ3v) is 3.46. The third kappa shape index (κ3) is 5.23. The Morgan fingerprint density at radius 1 is 1.22 bits per heavy atom. The normalized spacial score (nSPS) is 13.5. The fraction of sp³-hybridized carbons (Fsp3) is 0.733. The zero-order valence-corrected chi connectivity index (χ0v) is 12.5. The Morgan fingerprint density at radius 3 is 2.50 bits per heavy atom. The molecule has 0 saturated heterocycles. The molecule has 104 valence electrons. The van der Waals surface area contributed by atoms with E-state index in [1.54, 1.807) is 0 Å². The zero-order chi connectivity index (χ0) is 13.5. The Kier molecular flexibility index (Phi) is 6.44. The Bertz CT molecular complexity index is 333. The summed E-state index contributed by atoms with van der Waals surface area (Å²) in [6, 6.07) is 5.02. The highest BCUT2D eigenvalue weighted by Gasteiger charge is 2.08. The molecule has 1 atom stereocenters. The van der Waals surface area contributed by atoms with E-state index in [1.165, 1.54) is 19.4 Å². The molecule has 0 spiro atoms. The summed E-state index contributed by atoms with van der Waals surface area (Å²) in [6.07, 6.45) is 2.45. The highest BCUT2D eigenvalue weighted by Crippen LogP contribution is 2.15. The van der Waals surface area contributed by atoms with Gasteiger partial charge in [0.25, 0.3) is 0 Å². The molecule has 0 aliphatic heterocycles. The van der Waals surface area contributed by atoms with E-state index < -0.39 is 0 Å². The van der Waals surface area contributed by atoms with Gasteiger partial charge in [-0.25, -0.2) is 0 Å². The smallest absolute Gasteiger partial charge is 0.120 e. The second kappa shape index (κ2) is 7.59. The van der Waals surface area contributed by atoms with E-state index in [2.05, 4.69) is 44.1 Å². The van der Waals surface area contributed by atoms with Crippen LogP contribution >= 0.6 is 0 Å². The third-order valence-electron chi connectivity index (χ3n) is 3.46. The van der Waals surface area contributed by atoms with E-state index in [1.807, 2.05) is 13.0 Å². The summed E-state index contributed by atoms with van der Waals surface area (Å²) in [6.45, 7) is 10.8. The van der Waals surface area contributed by atoms with Crippen LogP contribution in [0.3, 0.4) is 0 Å². The van der Waals surface area contributed by atoms with Gasteiger partial charge in [0.15, 0.2) is 0 Å². The van der Waals surface area contributed by atoms with Crippen molar-refractivity contribution in [1.29, 1.82) is 0 Å². The molecule has 1 aromatic heterocycles. The maximum absolute atomic E-state index is 5.60. The molecule has 0 bridgehead atoms. The van der Waals surface area contributed by atoms with Gasteiger partial charge in [0.05, 0.1) is 6.04 Å². The van der Waals surface area contributed by atoms with E-state index in [-0.39, 0.29) is 0 Å². The van der Waals surface area contributed by atoms with Gasteiger partial charge in [0.2, 0.25) is 0 Å². The summed E-state index contributed by atoms with van der Waals surface area (Å²) in [4.78, 5) is 2.39. The van der Waals surface area contributed by atoms with Gasteiger partial charge in [-0.05, 0) is 72.8 Å². The van der Waals surface area contributed by atoms with Crippen molar-refractivity contribution in [1.82, 2.24) is 10.2 Å². The van der Waals surface area contributed by atoms with Gasteiger partial charge in [-0.1, -0.05) is 0 Å². The first-order chi connectivity index (χ1) is 8.50. The molecule has 1 heterocycles. The van der Waals surface area contributed by atoms with Gasteiger partial charge in [-0.2, -0.15) is 0 Å². The number of nitrogens with zero attached hydrogens (tertiary/aromatic N) is 1. The first-order valence-electron chi connectivity index (χ1n) is 7.00. The number of aryl methyl sites for hydroxylation is 1. The van der Waals surface area contributed by atoms with Gasteiger partial charge >= 0.3 is 0 Å². The maximum atomic E-state index is 5.60. The minimum absolute atomic E-state index is 0.307. The fourth-order valence-electron chi connectivity index (χ4n) is 1.85. The van der Waals surface area contributed by atoms with Crippen LogP contribution in [0, 0.1) is 6.92 Å². The average molecular weight is 252 g/mol. The van der Waals surface area contributed by atoms with Crippen molar-refractivity contribution >= 4 is 0 Å². The van der Waals surface area contributed by atoms with Crippen LogP contribution in [0.1, 0.15) is 51.2 Å². The van der Waals surface area contributed by atoms with Crippen molar-refractivity contribution in [2.75, 3.05) is 20.1 Å². The van der Waals surface area contributed by atoms with Crippen LogP contribution in [0.5, 0.6) is 0 Å². The summed E-state index contributed by atoms with van der Waals surface area (Å²) in [5.74, 6) is 2.02. The fourth-order valence-corrected chi connectivity index (χ4v) is 1.85. The lowest BCUT2D eigenvalue weighted by atomic mass is 10.2. The summed E-state index contributed by atoms with van der Waals surface area (Å²) < 4.78 is 5.60. The van der Waals surface area contributed by atoms with Gasteiger partial charge < -0.3 is 14.6 Å². The van der Waals surface area contributed by atoms with E-state index in [0.717, 1.165) is 18.1 Å². The molecule has 0 aromatic carbocycles. The number of furan rings is 1. The molecular weight excluding hydrogens is 224 g/mol. The van der Waals surface area contributed by atoms with Gasteiger partial charge in [0, 0.05) is 6.04 Å². The van der Waals surface area contributed by atoms with Crippen molar-refractivity contribution in [3.05, 3.63) is 23.7 Å². The minimum atomic E-state index is 0.307. The molecule has 0 radical (unpaired) electrons. The largest absolute Gasteiger partial charge is 0.465 e. The van der Waals surface area contributed by atoms with Crippen LogP contribution in [-0.4, -0.2) is 31.1 Å². The predicted molar refractivity (Wildman–Crippen MR) is 76.9 cm³/mol. The van der Waals surface area contributed by atoms with Crippen molar-refractivity contribution in [3.8, 4) is 0 Å². The van der Waals surface area contributed by atoms with E-state index in [0.29, 0.717) is 12.1 Å².